The summed E-state index contributed by atoms with van der Waals surface area (Å²) in [4.78, 5) is 35.9. The van der Waals surface area contributed by atoms with E-state index >= 15 is 0 Å². The van der Waals surface area contributed by atoms with Crippen molar-refractivity contribution < 1.29 is 23.5 Å². The lowest BCUT2D eigenvalue weighted by Gasteiger charge is -2.21. The number of carbonyl (C=O) groups is 2. The van der Waals surface area contributed by atoms with Gasteiger partial charge in [-0.1, -0.05) is 15.9 Å². The van der Waals surface area contributed by atoms with Gasteiger partial charge in [-0.2, -0.15) is 0 Å². The van der Waals surface area contributed by atoms with E-state index in [0.29, 0.717) is 22.2 Å². The van der Waals surface area contributed by atoms with Crippen molar-refractivity contribution in [3.8, 4) is 0 Å². The Hall–Kier alpha value is -4.11. The van der Waals surface area contributed by atoms with Gasteiger partial charge >= 0.3 is 0 Å². The fraction of sp³-hybridized carbons (Fsp3) is 0.115. The molecule has 1 aliphatic heterocycles. The second kappa shape index (κ2) is 7.71. The molecule has 0 bridgehead atoms. The maximum absolute atomic E-state index is 13.6. The first-order valence-corrected chi connectivity index (χ1v) is 11.6. The van der Waals surface area contributed by atoms with Crippen molar-refractivity contribution in [3.05, 3.63) is 93.2 Å². The van der Waals surface area contributed by atoms with E-state index in [1.807, 2.05) is 32.0 Å². The quantitative estimate of drug-likeness (QED) is 0.272. The highest BCUT2D eigenvalue weighted by Crippen LogP contribution is 2.42. The summed E-state index contributed by atoms with van der Waals surface area (Å²) in [5.74, 6) is -1.56. The number of Topliss-reactive ketones (excluding diaryl/α,β-unsaturated/α-hetero) is 1. The van der Waals surface area contributed by atoms with Gasteiger partial charge < -0.3 is 18.9 Å². The Labute approximate surface area is 207 Å². The number of aromatic nitrogens is 2. The van der Waals surface area contributed by atoms with Gasteiger partial charge in [0.1, 0.15) is 17.4 Å². The largest absolute Gasteiger partial charge is 0.503 e. The molecule has 1 aliphatic rings. The SMILES string of the molecule is Cc1cc2nc(N3C(=O)C(O)=C(C(=O)c4cc5cc(Br)ccc5o4)C3c3ccco3)[nH]c2cc1C. The Morgan fingerprint density at radius 1 is 1.14 bits per heavy atom. The highest BCUT2D eigenvalue weighted by molar-refractivity contribution is 9.10. The number of nitrogens with one attached hydrogen (secondary N) is 1. The number of furan rings is 2. The van der Waals surface area contributed by atoms with Crippen LogP contribution in [0.5, 0.6) is 0 Å². The molecule has 35 heavy (non-hydrogen) atoms. The number of imidazole rings is 1. The summed E-state index contributed by atoms with van der Waals surface area (Å²) in [6.07, 6.45) is 1.44. The van der Waals surface area contributed by atoms with E-state index in [2.05, 4.69) is 25.9 Å². The minimum absolute atomic E-state index is 0.00158. The number of aliphatic hydroxyl groups is 1. The van der Waals surface area contributed by atoms with Gasteiger partial charge in [0.15, 0.2) is 11.5 Å². The molecular formula is C26H18BrN3O5. The molecule has 1 amide bonds. The minimum Gasteiger partial charge on any atom is -0.503 e. The smallest absolute Gasteiger partial charge is 0.296 e. The molecule has 2 N–H and O–H groups in total. The molecule has 1 unspecified atom stereocenters. The molecule has 0 saturated heterocycles. The van der Waals surface area contributed by atoms with E-state index in [1.54, 1.807) is 30.3 Å². The lowest BCUT2D eigenvalue weighted by molar-refractivity contribution is -0.117. The van der Waals surface area contributed by atoms with Crippen molar-refractivity contribution in [2.24, 2.45) is 0 Å². The predicted molar refractivity (Wildman–Crippen MR) is 132 cm³/mol. The molecule has 2 aromatic carbocycles. The van der Waals surface area contributed by atoms with Crippen LogP contribution < -0.4 is 4.90 Å². The molecule has 4 heterocycles. The number of carbonyl (C=O) groups excluding carboxylic acids is 2. The molecule has 174 valence electrons. The molecule has 0 fully saturated rings. The van der Waals surface area contributed by atoms with Crippen molar-refractivity contribution in [1.29, 1.82) is 0 Å². The van der Waals surface area contributed by atoms with E-state index < -0.39 is 23.5 Å². The molecule has 0 radical (unpaired) electrons. The minimum atomic E-state index is -1.03. The first kappa shape index (κ1) is 21.4. The van der Waals surface area contributed by atoms with E-state index in [9.17, 15) is 14.7 Å². The number of aryl methyl sites for hydroxylation is 2. The number of H-pyrrole nitrogens is 1. The third kappa shape index (κ3) is 3.30. The second-order valence-corrected chi connectivity index (χ2v) is 9.41. The van der Waals surface area contributed by atoms with Crippen LogP contribution in [-0.4, -0.2) is 26.8 Å². The summed E-state index contributed by atoms with van der Waals surface area (Å²) < 4.78 is 12.2. The summed E-state index contributed by atoms with van der Waals surface area (Å²) in [5, 5.41) is 11.6. The Balaban J connectivity index is 1.49. The number of anilines is 1. The summed E-state index contributed by atoms with van der Waals surface area (Å²) in [6, 6.07) is 13.1. The molecule has 6 rings (SSSR count). The fourth-order valence-electron chi connectivity index (χ4n) is 4.40. The Kier molecular flexibility index (Phi) is 4.72. The van der Waals surface area contributed by atoms with Crippen LogP contribution in [0.1, 0.15) is 33.5 Å². The number of rotatable bonds is 4. The van der Waals surface area contributed by atoms with Gasteiger partial charge in [-0.05, 0) is 73.5 Å². The fourth-order valence-corrected chi connectivity index (χ4v) is 4.78. The Morgan fingerprint density at radius 3 is 2.71 bits per heavy atom. The molecule has 1 atom stereocenters. The number of nitrogens with zero attached hydrogens (tertiary/aromatic N) is 2. The van der Waals surface area contributed by atoms with Gasteiger partial charge in [0.05, 0.1) is 22.9 Å². The van der Waals surface area contributed by atoms with Crippen LogP contribution >= 0.6 is 15.9 Å². The number of aliphatic hydroxyl groups excluding tert-OH is 1. The van der Waals surface area contributed by atoms with Crippen LogP contribution in [0, 0.1) is 13.8 Å². The van der Waals surface area contributed by atoms with Crippen LogP contribution in [0.3, 0.4) is 0 Å². The van der Waals surface area contributed by atoms with Gasteiger partial charge in [0, 0.05) is 9.86 Å². The predicted octanol–water partition coefficient (Wildman–Crippen LogP) is 6.06. The zero-order chi connectivity index (χ0) is 24.4. The molecule has 5 aromatic rings. The summed E-state index contributed by atoms with van der Waals surface area (Å²) >= 11 is 3.41. The van der Waals surface area contributed by atoms with Gasteiger partial charge in [0.25, 0.3) is 5.91 Å². The van der Waals surface area contributed by atoms with Crippen molar-refractivity contribution >= 4 is 55.6 Å². The average Bonchev–Trinajstić information content (AvgIpc) is 3.60. The van der Waals surface area contributed by atoms with Crippen molar-refractivity contribution in [2.45, 2.75) is 19.9 Å². The maximum atomic E-state index is 13.6. The van der Waals surface area contributed by atoms with Crippen molar-refractivity contribution in [1.82, 2.24) is 9.97 Å². The summed E-state index contributed by atoms with van der Waals surface area (Å²) in [6.45, 7) is 3.96. The second-order valence-electron chi connectivity index (χ2n) is 8.49. The number of fused-ring (bicyclic) bond motifs is 2. The number of hydrogen-bond donors (Lipinski definition) is 2. The lowest BCUT2D eigenvalue weighted by Crippen LogP contribution is -2.31. The third-order valence-electron chi connectivity index (χ3n) is 6.28. The molecule has 0 spiro atoms. The van der Waals surface area contributed by atoms with Crippen LogP contribution in [0.2, 0.25) is 0 Å². The topological polar surface area (TPSA) is 113 Å². The highest BCUT2D eigenvalue weighted by Gasteiger charge is 2.48. The van der Waals surface area contributed by atoms with Gasteiger partial charge in [-0.3, -0.25) is 14.5 Å². The molecule has 0 saturated carbocycles. The lowest BCUT2D eigenvalue weighted by atomic mass is 9.99. The van der Waals surface area contributed by atoms with Crippen LogP contribution in [0.25, 0.3) is 22.0 Å². The number of ketones is 1. The van der Waals surface area contributed by atoms with Crippen LogP contribution in [-0.2, 0) is 4.79 Å². The molecule has 3 aromatic heterocycles. The van der Waals surface area contributed by atoms with Gasteiger partial charge in [-0.25, -0.2) is 4.98 Å². The van der Waals surface area contributed by atoms with E-state index in [1.165, 1.54) is 11.2 Å². The molecular weight excluding hydrogens is 514 g/mol. The zero-order valence-electron chi connectivity index (χ0n) is 18.6. The van der Waals surface area contributed by atoms with E-state index in [-0.39, 0.29) is 17.3 Å². The molecule has 9 heteroatoms. The number of benzene rings is 2. The number of aromatic amines is 1. The van der Waals surface area contributed by atoms with Gasteiger partial charge in [0.2, 0.25) is 11.7 Å². The first-order chi connectivity index (χ1) is 16.8. The molecule has 0 aliphatic carbocycles. The highest BCUT2D eigenvalue weighted by atomic mass is 79.9. The number of halogens is 1. The van der Waals surface area contributed by atoms with Crippen molar-refractivity contribution in [3.63, 3.8) is 0 Å². The third-order valence-corrected chi connectivity index (χ3v) is 6.77. The van der Waals surface area contributed by atoms with Gasteiger partial charge in [-0.15, -0.1) is 0 Å². The summed E-state index contributed by atoms with van der Waals surface area (Å²) in [7, 11) is 0. The molecule has 8 nitrogen and oxygen atoms in total. The Morgan fingerprint density at radius 2 is 1.94 bits per heavy atom. The number of hydrogen-bond acceptors (Lipinski definition) is 6. The average molecular weight is 532 g/mol. The number of amides is 1. The zero-order valence-corrected chi connectivity index (χ0v) is 20.2. The standard InChI is InChI=1S/C26H18BrN3O5/c1-12-8-16-17(9-13(12)2)29-26(28-16)30-22(19-4-3-7-34-19)21(24(32)25(30)33)23(31)20-11-14-10-15(27)5-6-18(14)35-20/h3-11,22,32H,1-2H3,(H,28,29). The Bertz CT molecular complexity index is 1650. The normalized spacial score (nSPS) is 16.3. The first-order valence-electron chi connectivity index (χ1n) is 10.8. The maximum Gasteiger partial charge on any atom is 0.296 e. The monoisotopic (exact) mass is 531 g/mol. The van der Waals surface area contributed by atoms with Crippen LogP contribution in [0.15, 0.2) is 79.4 Å². The van der Waals surface area contributed by atoms with E-state index in [0.717, 1.165) is 21.1 Å². The van der Waals surface area contributed by atoms with Crippen LogP contribution in [0.4, 0.5) is 5.95 Å². The van der Waals surface area contributed by atoms with Crippen molar-refractivity contribution in [2.75, 3.05) is 4.90 Å². The van der Waals surface area contributed by atoms with E-state index in [4.69, 9.17) is 8.83 Å². The summed E-state index contributed by atoms with van der Waals surface area (Å²) in [5.41, 5.74) is 3.88.